The standard InChI is InChI=1S/C31H43N3O4/c1-37-23-19-32-31(36)34-20-18-27-26-12-8-9-13-28(26)33-29(27)30(34)24-14-16-25(17-15-24)38-22-11-7-5-3-2-4-6-10-21-35/h8-9,12-17,30,33,35H,2-7,10-11,18-23H2,1H3,(H,32,36). The van der Waals surface area contributed by atoms with E-state index < -0.39 is 0 Å². The molecule has 0 aliphatic carbocycles. The molecule has 7 nitrogen and oxygen atoms in total. The number of nitrogens with one attached hydrogen (secondary N) is 2. The molecule has 2 amide bonds. The second kappa shape index (κ2) is 14.8. The Kier molecular flexibility index (Phi) is 10.9. The van der Waals surface area contributed by atoms with Gasteiger partial charge in [-0.1, -0.05) is 68.9 Å². The Morgan fingerprint density at radius 2 is 1.68 bits per heavy atom. The van der Waals surface area contributed by atoms with Crippen LogP contribution in [0.5, 0.6) is 5.75 Å². The van der Waals surface area contributed by atoms with Crippen LogP contribution in [-0.2, 0) is 11.2 Å². The quantitative estimate of drug-likeness (QED) is 0.215. The molecule has 7 heteroatoms. The molecule has 0 saturated carbocycles. The third-order valence-electron chi connectivity index (χ3n) is 7.39. The number of carbonyl (C=O) groups excluding carboxylic acids is 1. The molecule has 3 aromatic rings. The molecular formula is C31H43N3O4. The first-order valence-corrected chi connectivity index (χ1v) is 14.2. The summed E-state index contributed by atoms with van der Waals surface area (Å²) in [5.41, 5.74) is 4.55. The van der Waals surface area contributed by atoms with Crippen LogP contribution >= 0.6 is 0 Å². The molecule has 0 saturated heterocycles. The van der Waals surface area contributed by atoms with Gasteiger partial charge in [0.2, 0.25) is 0 Å². The van der Waals surface area contributed by atoms with Crippen molar-refractivity contribution >= 4 is 16.9 Å². The zero-order chi connectivity index (χ0) is 26.6. The van der Waals surface area contributed by atoms with Crippen molar-refractivity contribution < 1.29 is 19.4 Å². The zero-order valence-electron chi connectivity index (χ0n) is 22.7. The van der Waals surface area contributed by atoms with E-state index in [1.807, 2.05) is 23.1 Å². The molecule has 0 radical (unpaired) electrons. The van der Waals surface area contributed by atoms with Gasteiger partial charge in [-0.3, -0.25) is 0 Å². The number of unbranched alkanes of at least 4 members (excludes halogenated alkanes) is 7. The van der Waals surface area contributed by atoms with E-state index in [2.05, 4.69) is 40.6 Å². The lowest BCUT2D eigenvalue weighted by molar-refractivity contribution is 0.167. The number of nitrogens with zero attached hydrogens (tertiary/aromatic N) is 1. The molecule has 1 aromatic heterocycles. The molecule has 1 aliphatic rings. The van der Waals surface area contributed by atoms with E-state index in [1.54, 1.807) is 7.11 Å². The number of urea groups is 1. The van der Waals surface area contributed by atoms with Gasteiger partial charge in [-0.05, 0) is 48.6 Å². The molecule has 0 spiro atoms. The van der Waals surface area contributed by atoms with Crippen LogP contribution in [0.25, 0.3) is 10.9 Å². The van der Waals surface area contributed by atoms with Crippen molar-refractivity contribution in [2.24, 2.45) is 0 Å². The van der Waals surface area contributed by atoms with Crippen molar-refractivity contribution in [3.63, 3.8) is 0 Å². The largest absolute Gasteiger partial charge is 0.494 e. The van der Waals surface area contributed by atoms with Gasteiger partial charge in [-0.2, -0.15) is 0 Å². The summed E-state index contributed by atoms with van der Waals surface area (Å²) in [5.74, 6) is 0.863. The fourth-order valence-corrected chi connectivity index (χ4v) is 5.38. The highest BCUT2D eigenvalue weighted by Gasteiger charge is 2.34. The minimum absolute atomic E-state index is 0.0786. The van der Waals surface area contributed by atoms with E-state index in [0.29, 0.717) is 32.9 Å². The van der Waals surface area contributed by atoms with Crippen LogP contribution < -0.4 is 10.1 Å². The average Bonchev–Trinajstić information content (AvgIpc) is 3.33. The van der Waals surface area contributed by atoms with E-state index >= 15 is 0 Å². The van der Waals surface area contributed by atoms with Crippen molar-refractivity contribution in [1.82, 2.24) is 15.2 Å². The number of carbonyl (C=O) groups is 1. The monoisotopic (exact) mass is 521 g/mol. The van der Waals surface area contributed by atoms with E-state index in [4.69, 9.17) is 14.6 Å². The van der Waals surface area contributed by atoms with Gasteiger partial charge in [0, 0.05) is 43.4 Å². The summed E-state index contributed by atoms with van der Waals surface area (Å²) in [6.45, 7) is 2.64. The van der Waals surface area contributed by atoms with E-state index in [-0.39, 0.29) is 12.1 Å². The van der Waals surface area contributed by atoms with E-state index in [9.17, 15) is 4.79 Å². The van der Waals surface area contributed by atoms with Crippen LogP contribution in [-0.4, -0.2) is 61.0 Å². The SMILES string of the molecule is COCCNC(=O)N1CCc2c([nH]c3ccccc23)C1c1ccc(OCCCCCCCCCCO)cc1. The van der Waals surface area contributed by atoms with Gasteiger partial charge in [-0.25, -0.2) is 4.79 Å². The van der Waals surface area contributed by atoms with E-state index in [1.165, 1.54) is 43.1 Å². The number of methoxy groups -OCH3 is 1. The van der Waals surface area contributed by atoms with Crippen LogP contribution in [0.4, 0.5) is 4.79 Å². The molecule has 2 aromatic carbocycles. The zero-order valence-corrected chi connectivity index (χ0v) is 22.7. The predicted octanol–water partition coefficient (Wildman–Crippen LogP) is 5.96. The van der Waals surface area contributed by atoms with Gasteiger partial charge in [-0.15, -0.1) is 0 Å². The Labute approximate surface area is 226 Å². The fourth-order valence-electron chi connectivity index (χ4n) is 5.38. The number of amides is 2. The normalized spacial score (nSPS) is 15.0. The highest BCUT2D eigenvalue weighted by atomic mass is 16.5. The lowest BCUT2D eigenvalue weighted by Gasteiger charge is -2.36. The maximum Gasteiger partial charge on any atom is 0.318 e. The van der Waals surface area contributed by atoms with Gasteiger partial charge in [0.1, 0.15) is 5.75 Å². The third-order valence-corrected chi connectivity index (χ3v) is 7.39. The number of benzene rings is 2. The van der Waals surface area contributed by atoms with Gasteiger partial charge in [0.25, 0.3) is 0 Å². The molecule has 0 fully saturated rings. The van der Waals surface area contributed by atoms with Crippen molar-refractivity contribution in [3.05, 3.63) is 65.4 Å². The number of aliphatic hydroxyl groups excluding tert-OH is 1. The molecule has 206 valence electrons. The number of aliphatic hydroxyl groups is 1. The number of hydrogen-bond donors (Lipinski definition) is 3. The molecule has 38 heavy (non-hydrogen) atoms. The lowest BCUT2D eigenvalue weighted by Crippen LogP contribution is -2.46. The third kappa shape index (κ3) is 7.29. The van der Waals surface area contributed by atoms with Gasteiger partial charge in [0.05, 0.1) is 19.3 Å². The summed E-state index contributed by atoms with van der Waals surface area (Å²) in [4.78, 5) is 18.7. The van der Waals surface area contributed by atoms with Crippen LogP contribution in [0.2, 0.25) is 0 Å². The van der Waals surface area contributed by atoms with Crippen molar-refractivity contribution in [2.75, 3.05) is 40.0 Å². The number of para-hydroxylation sites is 1. The van der Waals surface area contributed by atoms with Crippen molar-refractivity contribution in [2.45, 2.75) is 63.8 Å². The molecule has 4 rings (SSSR count). The smallest absolute Gasteiger partial charge is 0.318 e. The number of aromatic amines is 1. The highest BCUT2D eigenvalue weighted by Crippen LogP contribution is 2.38. The molecule has 2 heterocycles. The Morgan fingerprint density at radius 1 is 0.974 bits per heavy atom. The minimum atomic E-state index is -0.194. The lowest BCUT2D eigenvalue weighted by atomic mass is 9.92. The predicted molar refractivity (Wildman–Crippen MR) is 152 cm³/mol. The fraction of sp³-hybridized carbons (Fsp3) is 0.516. The summed E-state index contributed by atoms with van der Waals surface area (Å²) in [7, 11) is 1.64. The van der Waals surface area contributed by atoms with Gasteiger partial charge < -0.3 is 29.8 Å². The number of fused-ring (bicyclic) bond motifs is 3. The topological polar surface area (TPSA) is 86.8 Å². The first-order chi connectivity index (χ1) is 18.7. The Hall–Kier alpha value is -3.03. The molecule has 0 bridgehead atoms. The maximum absolute atomic E-state index is 13.2. The van der Waals surface area contributed by atoms with Crippen molar-refractivity contribution in [3.8, 4) is 5.75 Å². The molecular weight excluding hydrogens is 478 g/mol. The van der Waals surface area contributed by atoms with Crippen LogP contribution in [0.3, 0.4) is 0 Å². The number of H-pyrrole nitrogens is 1. The highest BCUT2D eigenvalue weighted by molar-refractivity contribution is 5.86. The van der Waals surface area contributed by atoms with Crippen LogP contribution in [0.1, 0.15) is 74.2 Å². The second-order valence-electron chi connectivity index (χ2n) is 10.1. The van der Waals surface area contributed by atoms with Gasteiger partial charge >= 0.3 is 6.03 Å². The summed E-state index contributed by atoms with van der Waals surface area (Å²) in [5, 5.41) is 13.1. The van der Waals surface area contributed by atoms with Crippen LogP contribution in [0, 0.1) is 0 Å². The maximum atomic E-state index is 13.2. The Morgan fingerprint density at radius 3 is 2.42 bits per heavy atom. The second-order valence-corrected chi connectivity index (χ2v) is 10.1. The molecule has 1 atom stereocenters. The molecule has 3 N–H and O–H groups in total. The summed E-state index contributed by atoms with van der Waals surface area (Å²) >= 11 is 0. The molecule has 1 unspecified atom stereocenters. The Balaban J connectivity index is 1.37. The summed E-state index contributed by atoms with van der Waals surface area (Å²) in [6, 6.07) is 16.3. The minimum Gasteiger partial charge on any atom is -0.494 e. The molecule has 1 aliphatic heterocycles. The number of hydrogen-bond acceptors (Lipinski definition) is 4. The first kappa shape index (κ1) is 28.0. The number of aromatic nitrogens is 1. The summed E-state index contributed by atoms with van der Waals surface area (Å²) in [6.07, 6.45) is 10.1. The first-order valence-electron chi connectivity index (χ1n) is 14.2. The summed E-state index contributed by atoms with van der Waals surface area (Å²) < 4.78 is 11.1. The average molecular weight is 522 g/mol. The van der Waals surface area contributed by atoms with Crippen LogP contribution in [0.15, 0.2) is 48.5 Å². The number of ether oxygens (including phenoxy) is 2. The number of rotatable bonds is 15. The Bertz CT molecular complexity index is 1130. The van der Waals surface area contributed by atoms with Crippen molar-refractivity contribution in [1.29, 1.82) is 0 Å². The van der Waals surface area contributed by atoms with E-state index in [0.717, 1.165) is 48.2 Å². The van der Waals surface area contributed by atoms with Gasteiger partial charge in [0.15, 0.2) is 0 Å².